The summed E-state index contributed by atoms with van der Waals surface area (Å²) in [6.45, 7) is 4.83. The number of ether oxygens (including phenoxy) is 2. The van der Waals surface area contributed by atoms with E-state index < -0.39 is 6.10 Å². The maximum absolute atomic E-state index is 12.9. The molecular weight excluding hydrogens is 400 g/mol. The summed E-state index contributed by atoms with van der Waals surface area (Å²) in [5.74, 6) is 0.260. The minimum atomic E-state index is -0.677. The molecule has 0 radical (unpaired) electrons. The smallest absolute Gasteiger partial charge is 0.265 e. The van der Waals surface area contributed by atoms with Gasteiger partial charge >= 0.3 is 0 Å². The van der Waals surface area contributed by atoms with Crippen molar-refractivity contribution in [1.29, 1.82) is 0 Å². The normalized spacial score (nSPS) is 14.0. The third-order valence-corrected chi connectivity index (χ3v) is 6.32. The monoisotopic (exact) mass is 430 g/mol. The Morgan fingerprint density at radius 2 is 2.03 bits per heavy atom. The molecule has 3 rings (SSSR count). The molecule has 6 nitrogen and oxygen atoms in total. The van der Waals surface area contributed by atoms with Gasteiger partial charge in [0.25, 0.3) is 11.8 Å². The van der Waals surface area contributed by atoms with Crippen LogP contribution >= 0.6 is 11.3 Å². The zero-order chi connectivity index (χ0) is 21.5. The summed E-state index contributed by atoms with van der Waals surface area (Å²) in [7, 11) is 1.64. The standard InChI is InChI=1S/C23H30N2O4S/c1-15-8-6-9-17(14-15)29-16(2)21(26)25-23-20(22(27)24-12-7-13-28-3)18-10-4-5-11-19(18)30-23/h6,8-9,14,16H,4-5,7,10-13H2,1-3H3,(H,24,27)(H,25,26). The molecule has 1 aromatic carbocycles. The Labute approximate surface area is 182 Å². The van der Waals surface area contributed by atoms with Gasteiger partial charge in [0.1, 0.15) is 10.8 Å². The van der Waals surface area contributed by atoms with Crippen LogP contribution in [0.25, 0.3) is 0 Å². The summed E-state index contributed by atoms with van der Waals surface area (Å²) >= 11 is 1.52. The van der Waals surface area contributed by atoms with Gasteiger partial charge < -0.3 is 20.1 Å². The predicted molar refractivity (Wildman–Crippen MR) is 120 cm³/mol. The number of hydrogen-bond acceptors (Lipinski definition) is 5. The topological polar surface area (TPSA) is 76.7 Å². The molecule has 0 saturated carbocycles. The lowest BCUT2D eigenvalue weighted by Crippen LogP contribution is -2.31. The molecular formula is C23H30N2O4S. The average molecular weight is 431 g/mol. The number of thiophene rings is 1. The van der Waals surface area contributed by atoms with Crippen LogP contribution in [0.2, 0.25) is 0 Å². The van der Waals surface area contributed by atoms with Crippen LogP contribution < -0.4 is 15.4 Å². The molecule has 2 N–H and O–H groups in total. The first kappa shape index (κ1) is 22.3. The van der Waals surface area contributed by atoms with E-state index in [1.165, 1.54) is 16.2 Å². The Morgan fingerprint density at radius 1 is 1.23 bits per heavy atom. The zero-order valence-corrected chi connectivity index (χ0v) is 18.7. The minimum absolute atomic E-state index is 0.131. The molecule has 1 aromatic heterocycles. The van der Waals surface area contributed by atoms with Gasteiger partial charge in [-0.1, -0.05) is 12.1 Å². The number of rotatable bonds is 9. The van der Waals surface area contributed by atoms with Gasteiger partial charge in [-0.15, -0.1) is 11.3 Å². The van der Waals surface area contributed by atoms with E-state index in [2.05, 4.69) is 10.6 Å². The van der Waals surface area contributed by atoms with E-state index in [-0.39, 0.29) is 11.8 Å². The van der Waals surface area contributed by atoms with Gasteiger partial charge in [0, 0.05) is 25.1 Å². The molecule has 1 unspecified atom stereocenters. The maximum atomic E-state index is 12.9. The van der Waals surface area contributed by atoms with E-state index in [0.29, 0.717) is 29.5 Å². The fourth-order valence-corrected chi connectivity index (χ4v) is 4.85. The largest absolute Gasteiger partial charge is 0.481 e. The Kier molecular flexibility index (Phi) is 7.87. The molecule has 162 valence electrons. The van der Waals surface area contributed by atoms with Gasteiger partial charge in [0.15, 0.2) is 6.10 Å². The number of nitrogens with one attached hydrogen (secondary N) is 2. The summed E-state index contributed by atoms with van der Waals surface area (Å²) in [5, 5.41) is 6.54. The highest BCUT2D eigenvalue weighted by Crippen LogP contribution is 2.38. The lowest BCUT2D eigenvalue weighted by atomic mass is 9.95. The van der Waals surface area contributed by atoms with Crippen LogP contribution in [-0.4, -0.2) is 38.2 Å². The predicted octanol–water partition coefficient (Wildman–Crippen LogP) is 4.11. The molecule has 2 amide bonds. The molecule has 0 bridgehead atoms. The van der Waals surface area contributed by atoms with Crippen LogP contribution in [0.3, 0.4) is 0 Å². The van der Waals surface area contributed by atoms with E-state index >= 15 is 0 Å². The van der Waals surface area contributed by atoms with Crippen LogP contribution in [0.5, 0.6) is 5.75 Å². The number of hydrogen-bond donors (Lipinski definition) is 2. The SMILES string of the molecule is COCCCNC(=O)c1c(NC(=O)C(C)Oc2cccc(C)c2)sc2c1CCCC2. The Hall–Kier alpha value is -2.38. The van der Waals surface area contributed by atoms with Gasteiger partial charge in [-0.3, -0.25) is 9.59 Å². The first-order valence-corrected chi connectivity index (χ1v) is 11.3. The molecule has 1 aliphatic rings. The molecule has 0 saturated heterocycles. The number of aryl methyl sites for hydroxylation is 2. The second-order valence-electron chi connectivity index (χ2n) is 7.58. The van der Waals surface area contributed by atoms with E-state index in [0.717, 1.165) is 43.2 Å². The third-order valence-electron chi connectivity index (χ3n) is 5.12. The van der Waals surface area contributed by atoms with Crippen molar-refractivity contribution in [2.24, 2.45) is 0 Å². The van der Waals surface area contributed by atoms with Crippen LogP contribution in [0.4, 0.5) is 5.00 Å². The van der Waals surface area contributed by atoms with Crippen LogP contribution in [0, 0.1) is 6.92 Å². The van der Waals surface area contributed by atoms with E-state index in [1.54, 1.807) is 14.0 Å². The molecule has 1 heterocycles. The first-order valence-electron chi connectivity index (χ1n) is 10.5. The lowest BCUT2D eigenvalue weighted by molar-refractivity contribution is -0.122. The number of anilines is 1. The Bertz CT molecular complexity index is 893. The zero-order valence-electron chi connectivity index (χ0n) is 17.9. The van der Waals surface area contributed by atoms with Crippen molar-refractivity contribution in [2.75, 3.05) is 25.6 Å². The van der Waals surface area contributed by atoms with E-state index in [1.807, 2.05) is 31.2 Å². The summed E-state index contributed by atoms with van der Waals surface area (Å²) in [6.07, 6.45) is 4.07. The Balaban J connectivity index is 1.73. The Morgan fingerprint density at radius 3 is 2.80 bits per heavy atom. The van der Waals surface area contributed by atoms with Gasteiger partial charge in [-0.25, -0.2) is 0 Å². The summed E-state index contributed by atoms with van der Waals surface area (Å²) in [5.41, 5.74) is 2.76. The number of carbonyl (C=O) groups is 2. The maximum Gasteiger partial charge on any atom is 0.265 e. The first-order chi connectivity index (χ1) is 14.5. The average Bonchev–Trinajstić information content (AvgIpc) is 3.09. The van der Waals surface area contributed by atoms with Crippen molar-refractivity contribution >= 4 is 28.2 Å². The number of amides is 2. The molecule has 7 heteroatoms. The second kappa shape index (κ2) is 10.6. The van der Waals surface area contributed by atoms with Crippen molar-refractivity contribution in [2.45, 2.75) is 52.1 Å². The number of fused-ring (bicyclic) bond motifs is 1. The van der Waals surface area contributed by atoms with Gasteiger partial charge in [0.05, 0.1) is 5.56 Å². The van der Waals surface area contributed by atoms with Crippen LogP contribution in [0.15, 0.2) is 24.3 Å². The van der Waals surface area contributed by atoms with Crippen molar-refractivity contribution < 1.29 is 19.1 Å². The molecule has 0 fully saturated rings. The van der Waals surface area contributed by atoms with E-state index in [4.69, 9.17) is 9.47 Å². The fraction of sp³-hybridized carbons (Fsp3) is 0.478. The van der Waals surface area contributed by atoms with Crippen molar-refractivity contribution in [3.05, 3.63) is 45.8 Å². The summed E-state index contributed by atoms with van der Waals surface area (Å²) in [4.78, 5) is 26.9. The highest BCUT2D eigenvalue weighted by Gasteiger charge is 2.27. The van der Waals surface area contributed by atoms with Crippen molar-refractivity contribution in [1.82, 2.24) is 5.32 Å². The molecule has 0 spiro atoms. The van der Waals surface area contributed by atoms with Gasteiger partial charge in [-0.2, -0.15) is 0 Å². The molecule has 30 heavy (non-hydrogen) atoms. The molecule has 2 aromatic rings. The third kappa shape index (κ3) is 5.61. The van der Waals surface area contributed by atoms with Crippen molar-refractivity contribution in [3.63, 3.8) is 0 Å². The quantitative estimate of drug-likeness (QED) is 0.587. The lowest BCUT2D eigenvalue weighted by Gasteiger charge is -2.16. The number of benzene rings is 1. The summed E-state index contributed by atoms with van der Waals surface area (Å²) < 4.78 is 10.8. The van der Waals surface area contributed by atoms with E-state index in [9.17, 15) is 9.59 Å². The minimum Gasteiger partial charge on any atom is -0.481 e. The number of methoxy groups -OCH3 is 1. The fourth-order valence-electron chi connectivity index (χ4n) is 3.56. The van der Waals surface area contributed by atoms with Gasteiger partial charge in [-0.05, 0) is 69.2 Å². The molecule has 0 aliphatic heterocycles. The second-order valence-corrected chi connectivity index (χ2v) is 8.69. The highest BCUT2D eigenvalue weighted by molar-refractivity contribution is 7.17. The highest BCUT2D eigenvalue weighted by atomic mass is 32.1. The van der Waals surface area contributed by atoms with Crippen molar-refractivity contribution in [3.8, 4) is 5.75 Å². The summed E-state index contributed by atoms with van der Waals surface area (Å²) in [6, 6.07) is 7.60. The number of carbonyl (C=O) groups excluding carboxylic acids is 2. The molecule has 1 aliphatic carbocycles. The molecule has 1 atom stereocenters. The van der Waals surface area contributed by atoms with Gasteiger partial charge in [0.2, 0.25) is 0 Å². The van der Waals surface area contributed by atoms with Crippen LogP contribution in [0.1, 0.15) is 52.5 Å². The van der Waals surface area contributed by atoms with Crippen LogP contribution in [-0.2, 0) is 22.4 Å².